The van der Waals surface area contributed by atoms with Crippen molar-refractivity contribution in [2.75, 3.05) is 7.11 Å². The topological polar surface area (TPSA) is 119 Å². The number of hydrogen-bond donors (Lipinski definition) is 3. The van der Waals surface area contributed by atoms with Crippen LogP contribution in [-0.4, -0.2) is 42.1 Å². The third kappa shape index (κ3) is 5.62. The smallest absolute Gasteiger partial charge is 0.326 e. The van der Waals surface area contributed by atoms with Crippen LogP contribution < -0.4 is 11.1 Å². The van der Waals surface area contributed by atoms with Crippen LogP contribution in [0.4, 0.5) is 0 Å². The van der Waals surface area contributed by atoms with E-state index in [2.05, 4.69) is 10.1 Å². The van der Waals surface area contributed by atoms with Crippen LogP contribution >= 0.6 is 0 Å². The molecule has 21 heavy (non-hydrogen) atoms. The average molecular weight is 294 g/mol. The third-order valence-electron chi connectivity index (χ3n) is 2.85. The average Bonchev–Trinajstić information content (AvgIpc) is 2.47. The van der Waals surface area contributed by atoms with Crippen molar-refractivity contribution in [1.82, 2.24) is 5.32 Å². The van der Waals surface area contributed by atoms with Gasteiger partial charge in [0, 0.05) is 6.42 Å². The van der Waals surface area contributed by atoms with Gasteiger partial charge < -0.3 is 20.9 Å². The zero-order chi connectivity index (χ0) is 15.8. The van der Waals surface area contributed by atoms with Gasteiger partial charge >= 0.3 is 11.9 Å². The van der Waals surface area contributed by atoms with Crippen molar-refractivity contribution in [3.05, 3.63) is 35.9 Å². The lowest BCUT2D eigenvalue weighted by molar-refractivity contribution is -0.143. The first-order valence-corrected chi connectivity index (χ1v) is 6.33. The fraction of sp³-hybridized carbons (Fsp3) is 0.357. The Balaban J connectivity index is 2.64. The summed E-state index contributed by atoms with van der Waals surface area (Å²) in [7, 11) is 1.18. The Bertz CT molecular complexity index is 503. The highest BCUT2D eigenvalue weighted by Crippen LogP contribution is 2.04. The van der Waals surface area contributed by atoms with Gasteiger partial charge in [-0.05, 0) is 5.56 Å². The highest BCUT2D eigenvalue weighted by Gasteiger charge is 2.25. The van der Waals surface area contributed by atoms with E-state index in [1.807, 2.05) is 6.07 Å². The minimum Gasteiger partial charge on any atom is -0.480 e. The van der Waals surface area contributed by atoms with Crippen LogP contribution in [0.3, 0.4) is 0 Å². The van der Waals surface area contributed by atoms with E-state index in [-0.39, 0.29) is 12.8 Å². The van der Waals surface area contributed by atoms with Gasteiger partial charge in [-0.1, -0.05) is 30.3 Å². The number of carboxylic acid groups (broad SMARTS) is 1. The molecule has 0 aliphatic rings. The maximum absolute atomic E-state index is 11.8. The summed E-state index contributed by atoms with van der Waals surface area (Å²) in [5, 5.41) is 11.5. The number of methoxy groups -OCH3 is 1. The summed E-state index contributed by atoms with van der Waals surface area (Å²) in [5.74, 6) is -2.51. The predicted molar refractivity (Wildman–Crippen MR) is 74.3 cm³/mol. The fourth-order valence-electron chi connectivity index (χ4n) is 1.68. The Morgan fingerprint density at radius 1 is 1.29 bits per heavy atom. The largest absolute Gasteiger partial charge is 0.480 e. The molecule has 0 aliphatic heterocycles. The van der Waals surface area contributed by atoms with Gasteiger partial charge in [0.1, 0.15) is 6.04 Å². The number of carbonyl (C=O) groups excluding carboxylic acids is 2. The SMILES string of the molecule is COC(=O)CC(N)C(=O)N[C@@H](Cc1ccccc1)C(=O)O. The van der Waals surface area contributed by atoms with Crippen molar-refractivity contribution in [1.29, 1.82) is 0 Å². The van der Waals surface area contributed by atoms with E-state index in [0.717, 1.165) is 5.56 Å². The Morgan fingerprint density at radius 3 is 2.43 bits per heavy atom. The van der Waals surface area contributed by atoms with E-state index >= 15 is 0 Å². The van der Waals surface area contributed by atoms with Gasteiger partial charge in [0.05, 0.1) is 19.6 Å². The van der Waals surface area contributed by atoms with Crippen LogP contribution in [0.2, 0.25) is 0 Å². The lowest BCUT2D eigenvalue weighted by Gasteiger charge is -2.17. The van der Waals surface area contributed by atoms with Gasteiger partial charge in [0.15, 0.2) is 0 Å². The van der Waals surface area contributed by atoms with Crippen molar-refractivity contribution < 1.29 is 24.2 Å². The normalized spacial score (nSPS) is 13.0. The van der Waals surface area contributed by atoms with Crippen LogP contribution in [0.5, 0.6) is 0 Å². The summed E-state index contributed by atoms with van der Waals surface area (Å²) in [5.41, 5.74) is 6.30. The summed E-state index contributed by atoms with van der Waals surface area (Å²) >= 11 is 0. The van der Waals surface area contributed by atoms with Crippen LogP contribution in [0.15, 0.2) is 30.3 Å². The minimum absolute atomic E-state index is 0.132. The summed E-state index contributed by atoms with van der Waals surface area (Å²) in [4.78, 5) is 34.0. The Labute approximate surface area is 122 Å². The molecule has 0 heterocycles. The molecule has 1 aromatic carbocycles. The van der Waals surface area contributed by atoms with E-state index in [1.165, 1.54) is 7.11 Å². The number of hydrogen-bond acceptors (Lipinski definition) is 5. The molecular weight excluding hydrogens is 276 g/mol. The maximum atomic E-state index is 11.8. The lowest BCUT2D eigenvalue weighted by atomic mass is 10.1. The first kappa shape index (κ1) is 16.6. The van der Waals surface area contributed by atoms with Crippen molar-refractivity contribution >= 4 is 17.8 Å². The Hall–Kier alpha value is -2.41. The molecule has 0 saturated carbocycles. The van der Waals surface area contributed by atoms with Gasteiger partial charge in [-0.25, -0.2) is 4.79 Å². The molecule has 2 atom stereocenters. The molecule has 0 aromatic heterocycles. The van der Waals surface area contributed by atoms with Gasteiger partial charge in [-0.15, -0.1) is 0 Å². The molecule has 7 nitrogen and oxygen atoms in total. The highest BCUT2D eigenvalue weighted by molar-refractivity contribution is 5.89. The van der Waals surface area contributed by atoms with E-state index in [9.17, 15) is 14.4 Å². The van der Waals surface area contributed by atoms with Gasteiger partial charge in [0.25, 0.3) is 0 Å². The number of carboxylic acids is 1. The number of rotatable bonds is 7. The van der Waals surface area contributed by atoms with Crippen LogP contribution in [0.1, 0.15) is 12.0 Å². The Morgan fingerprint density at radius 2 is 1.90 bits per heavy atom. The fourth-order valence-corrected chi connectivity index (χ4v) is 1.68. The molecule has 1 unspecified atom stereocenters. The Kier molecular flexibility index (Phi) is 6.35. The molecule has 0 fully saturated rings. The second-order valence-corrected chi connectivity index (χ2v) is 4.48. The van der Waals surface area contributed by atoms with Gasteiger partial charge in [0.2, 0.25) is 5.91 Å². The molecule has 1 aromatic rings. The number of carbonyl (C=O) groups is 3. The van der Waals surface area contributed by atoms with Gasteiger partial charge in [-0.2, -0.15) is 0 Å². The van der Waals surface area contributed by atoms with Crippen LogP contribution in [-0.2, 0) is 25.5 Å². The maximum Gasteiger partial charge on any atom is 0.326 e. The van der Waals surface area contributed by atoms with Crippen LogP contribution in [0.25, 0.3) is 0 Å². The van der Waals surface area contributed by atoms with E-state index in [1.54, 1.807) is 24.3 Å². The van der Waals surface area contributed by atoms with E-state index in [0.29, 0.717) is 0 Å². The van der Waals surface area contributed by atoms with Crippen molar-refractivity contribution in [3.8, 4) is 0 Å². The molecule has 1 rings (SSSR count). The number of benzene rings is 1. The molecule has 0 radical (unpaired) electrons. The van der Waals surface area contributed by atoms with Crippen molar-refractivity contribution in [3.63, 3.8) is 0 Å². The molecule has 1 amide bonds. The summed E-state index contributed by atoms with van der Waals surface area (Å²) in [6, 6.07) is 6.63. The number of ether oxygens (including phenoxy) is 1. The standard InChI is InChI=1S/C14H18N2O5/c1-21-12(17)8-10(15)13(18)16-11(14(19)20)7-9-5-3-2-4-6-9/h2-6,10-11H,7-8,15H2,1H3,(H,16,18)(H,19,20)/t10?,11-/m0/s1. The zero-order valence-electron chi connectivity index (χ0n) is 11.6. The molecule has 0 spiro atoms. The highest BCUT2D eigenvalue weighted by atomic mass is 16.5. The minimum atomic E-state index is -1.17. The monoisotopic (exact) mass is 294 g/mol. The number of nitrogens with two attached hydrogens (primary N) is 1. The molecule has 114 valence electrons. The van der Waals surface area contributed by atoms with Gasteiger partial charge in [-0.3, -0.25) is 9.59 Å². The molecule has 0 saturated heterocycles. The second kappa shape index (κ2) is 8.01. The second-order valence-electron chi connectivity index (χ2n) is 4.48. The summed E-state index contributed by atoms with van der Waals surface area (Å²) in [6.07, 6.45) is -0.174. The molecule has 0 aliphatic carbocycles. The van der Waals surface area contributed by atoms with E-state index in [4.69, 9.17) is 10.8 Å². The molecule has 0 bridgehead atoms. The predicted octanol–water partition coefficient (Wildman–Crippen LogP) is -0.311. The van der Waals surface area contributed by atoms with E-state index < -0.39 is 29.9 Å². The number of amides is 1. The lowest BCUT2D eigenvalue weighted by Crippen LogP contribution is -2.50. The first-order chi connectivity index (χ1) is 9.93. The number of aliphatic carboxylic acids is 1. The third-order valence-corrected chi connectivity index (χ3v) is 2.85. The van der Waals surface area contributed by atoms with Crippen molar-refractivity contribution in [2.45, 2.75) is 24.9 Å². The first-order valence-electron chi connectivity index (χ1n) is 6.33. The summed E-state index contributed by atoms with van der Waals surface area (Å²) < 4.78 is 4.40. The molecule has 4 N–H and O–H groups in total. The quantitative estimate of drug-likeness (QED) is 0.593. The number of nitrogens with one attached hydrogen (secondary N) is 1. The van der Waals surface area contributed by atoms with Crippen molar-refractivity contribution in [2.24, 2.45) is 5.73 Å². The molecular formula is C14H18N2O5. The van der Waals surface area contributed by atoms with Crippen LogP contribution in [0, 0.1) is 0 Å². The zero-order valence-corrected chi connectivity index (χ0v) is 11.6. The summed E-state index contributed by atoms with van der Waals surface area (Å²) in [6.45, 7) is 0. The molecule has 7 heteroatoms. The number of esters is 1.